The Kier molecular flexibility index (Phi) is 3.80. The lowest BCUT2D eigenvalue weighted by atomic mass is 9.84. The molecule has 1 atom stereocenters. The molecule has 0 aliphatic carbocycles. The largest absolute Gasteiger partial charge is 0.375 e. The Morgan fingerprint density at radius 2 is 1.67 bits per heavy atom. The Labute approximate surface area is 141 Å². The maximum Gasteiger partial charge on any atom is 0.261 e. The van der Waals surface area contributed by atoms with Crippen molar-refractivity contribution in [1.29, 1.82) is 0 Å². The number of hydrogen-bond acceptors (Lipinski definition) is 3. The second kappa shape index (κ2) is 5.56. The van der Waals surface area contributed by atoms with Crippen molar-refractivity contribution in [2.24, 2.45) is 0 Å². The number of Topliss-reactive ketones (excluding diaryl/α,β-unsaturated/α-hetero) is 1. The van der Waals surface area contributed by atoms with Crippen LogP contribution in [-0.4, -0.2) is 16.8 Å². The van der Waals surface area contributed by atoms with E-state index in [1.54, 1.807) is 24.3 Å². The van der Waals surface area contributed by atoms with E-state index in [-0.39, 0.29) is 12.2 Å². The molecule has 1 aliphatic heterocycles. The predicted octanol–water partition coefficient (Wildman–Crippen LogP) is 3.33. The van der Waals surface area contributed by atoms with E-state index in [0.717, 1.165) is 22.3 Å². The van der Waals surface area contributed by atoms with Crippen molar-refractivity contribution in [2.45, 2.75) is 39.7 Å². The maximum absolute atomic E-state index is 13.0. The highest BCUT2D eigenvalue weighted by molar-refractivity contribution is 6.10. The zero-order chi connectivity index (χ0) is 17.6. The topological polar surface area (TPSA) is 66.4 Å². The van der Waals surface area contributed by atoms with Crippen LogP contribution in [-0.2, 0) is 10.4 Å². The number of nitrogens with one attached hydrogen (secondary N) is 1. The van der Waals surface area contributed by atoms with Gasteiger partial charge in [0.2, 0.25) is 0 Å². The van der Waals surface area contributed by atoms with Gasteiger partial charge in [-0.25, -0.2) is 0 Å². The summed E-state index contributed by atoms with van der Waals surface area (Å²) < 4.78 is 0. The predicted molar refractivity (Wildman–Crippen MR) is 93.3 cm³/mol. The number of aliphatic hydroxyl groups is 1. The molecule has 3 rings (SSSR count). The number of para-hydroxylation sites is 1. The zero-order valence-electron chi connectivity index (χ0n) is 14.4. The molecule has 0 radical (unpaired) electrons. The summed E-state index contributed by atoms with van der Waals surface area (Å²) in [6.07, 6.45) is -0.263. The molecule has 2 aromatic carbocycles. The van der Waals surface area contributed by atoms with E-state index in [2.05, 4.69) is 5.32 Å². The van der Waals surface area contributed by atoms with Crippen LogP contribution in [0.1, 0.15) is 44.6 Å². The van der Waals surface area contributed by atoms with E-state index in [9.17, 15) is 14.7 Å². The molecule has 4 heteroatoms. The van der Waals surface area contributed by atoms with Crippen molar-refractivity contribution >= 4 is 17.4 Å². The first-order chi connectivity index (χ1) is 11.3. The summed E-state index contributed by atoms with van der Waals surface area (Å²) in [5.41, 5.74) is 3.68. The molecule has 2 aromatic rings. The van der Waals surface area contributed by atoms with Crippen LogP contribution < -0.4 is 5.32 Å². The van der Waals surface area contributed by atoms with Crippen molar-refractivity contribution < 1.29 is 14.7 Å². The highest BCUT2D eigenvalue weighted by Gasteiger charge is 2.46. The van der Waals surface area contributed by atoms with Crippen LogP contribution in [0.2, 0.25) is 0 Å². The van der Waals surface area contributed by atoms with Crippen LogP contribution in [0.3, 0.4) is 0 Å². The van der Waals surface area contributed by atoms with Crippen molar-refractivity contribution in [1.82, 2.24) is 0 Å². The Bertz CT molecular complexity index is 843. The normalized spacial score (nSPS) is 19.1. The molecule has 4 nitrogen and oxygen atoms in total. The monoisotopic (exact) mass is 323 g/mol. The van der Waals surface area contributed by atoms with Gasteiger partial charge in [0.25, 0.3) is 5.91 Å². The van der Waals surface area contributed by atoms with E-state index in [1.807, 2.05) is 33.8 Å². The van der Waals surface area contributed by atoms with E-state index in [1.165, 1.54) is 0 Å². The Morgan fingerprint density at radius 3 is 2.29 bits per heavy atom. The van der Waals surface area contributed by atoms with E-state index < -0.39 is 11.5 Å². The summed E-state index contributed by atoms with van der Waals surface area (Å²) in [4.78, 5) is 25.3. The standard InChI is InChI=1S/C20H21NO3/c1-11-9-12(2)14(4)18(13(11)3)17(22)10-20(24)15-7-5-6-8-16(15)21-19(20)23/h5-9,24H,10H2,1-4H3,(H,21,23)/t20-/m0/s1. The molecule has 24 heavy (non-hydrogen) atoms. The van der Waals surface area contributed by atoms with E-state index >= 15 is 0 Å². The molecule has 124 valence electrons. The smallest absolute Gasteiger partial charge is 0.261 e. The van der Waals surface area contributed by atoms with E-state index in [0.29, 0.717) is 16.8 Å². The quantitative estimate of drug-likeness (QED) is 0.852. The molecule has 0 saturated heterocycles. The lowest BCUT2D eigenvalue weighted by Crippen LogP contribution is -2.36. The average molecular weight is 323 g/mol. The Balaban J connectivity index is 2.04. The van der Waals surface area contributed by atoms with Gasteiger partial charge in [-0.15, -0.1) is 0 Å². The lowest BCUT2D eigenvalue weighted by molar-refractivity contribution is -0.133. The molecule has 0 fully saturated rings. The summed E-state index contributed by atoms with van der Waals surface area (Å²) in [5.74, 6) is -0.761. The third-order valence-corrected chi connectivity index (χ3v) is 5.06. The van der Waals surface area contributed by atoms with Gasteiger partial charge >= 0.3 is 0 Å². The number of carbonyl (C=O) groups excluding carboxylic acids is 2. The van der Waals surface area contributed by atoms with Crippen LogP contribution in [0.15, 0.2) is 30.3 Å². The van der Waals surface area contributed by atoms with Gasteiger partial charge in [0.1, 0.15) is 0 Å². The minimum Gasteiger partial charge on any atom is -0.375 e. The number of amides is 1. The average Bonchev–Trinajstić information content (AvgIpc) is 2.77. The molecule has 2 N–H and O–H groups in total. The summed E-state index contributed by atoms with van der Waals surface area (Å²) >= 11 is 0. The highest BCUT2D eigenvalue weighted by atomic mass is 16.3. The van der Waals surface area contributed by atoms with Crippen molar-refractivity contribution in [3.05, 3.63) is 63.7 Å². The van der Waals surface area contributed by atoms with Crippen LogP contribution in [0, 0.1) is 27.7 Å². The number of rotatable bonds is 3. The first kappa shape index (κ1) is 16.4. The molecular formula is C20H21NO3. The van der Waals surface area contributed by atoms with Crippen molar-refractivity contribution in [2.75, 3.05) is 5.32 Å². The van der Waals surface area contributed by atoms with Gasteiger partial charge in [0.05, 0.1) is 6.42 Å². The fraction of sp³-hybridized carbons (Fsp3) is 0.300. The first-order valence-electron chi connectivity index (χ1n) is 7.99. The number of benzene rings is 2. The molecule has 0 aromatic heterocycles. The van der Waals surface area contributed by atoms with Crippen LogP contribution in [0.25, 0.3) is 0 Å². The van der Waals surface area contributed by atoms with Gasteiger partial charge < -0.3 is 10.4 Å². The molecule has 1 heterocycles. The number of ketones is 1. The molecule has 0 saturated carbocycles. The van der Waals surface area contributed by atoms with Crippen LogP contribution in [0.4, 0.5) is 5.69 Å². The minimum absolute atomic E-state index is 0.217. The third-order valence-electron chi connectivity index (χ3n) is 5.06. The maximum atomic E-state index is 13.0. The van der Waals surface area contributed by atoms with Crippen molar-refractivity contribution in [3.8, 4) is 0 Å². The van der Waals surface area contributed by atoms with Gasteiger partial charge in [0.15, 0.2) is 11.4 Å². The molecule has 0 spiro atoms. The number of aryl methyl sites for hydroxylation is 2. The zero-order valence-corrected chi connectivity index (χ0v) is 14.4. The van der Waals surface area contributed by atoms with Gasteiger partial charge in [-0.2, -0.15) is 0 Å². The van der Waals surface area contributed by atoms with Crippen LogP contribution >= 0.6 is 0 Å². The summed E-state index contributed by atoms with van der Waals surface area (Å²) in [5, 5.41) is 13.6. The van der Waals surface area contributed by atoms with Gasteiger partial charge in [-0.3, -0.25) is 9.59 Å². The first-order valence-corrected chi connectivity index (χ1v) is 7.99. The highest BCUT2D eigenvalue weighted by Crippen LogP contribution is 2.39. The van der Waals surface area contributed by atoms with Gasteiger partial charge in [-0.1, -0.05) is 24.3 Å². The van der Waals surface area contributed by atoms with Crippen molar-refractivity contribution in [3.63, 3.8) is 0 Å². The summed E-state index contributed by atoms with van der Waals surface area (Å²) in [6, 6.07) is 8.99. The van der Waals surface area contributed by atoms with Gasteiger partial charge in [-0.05, 0) is 56.0 Å². The SMILES string of the molecule is Cc1cc(C)c(C)c(C(=O)C[C@@]2(O)C(=O)Nc3ccccc32)c1C. The molecular weight excluding hydrogens is 302 g/mol. The fourth-order valence-electron chi connectivity index (χ4n) is 3.43. The number of fused-ring (bicyclic) bond motifs is 1. The summed E-state index contributed by atoms with van der Waals surface area (Å²) in [6.45, 7) is 7.74. The molecule has 1 amide bonds. The Hall–Kier alpha value is -2.46. The second-order valence-electron chi connectivity index (χ2n) is 6.60. The fourth-order valence-corrected chi connectivity index (χ4v) is 3.43. The van der Waals surface area contributed by atoms with Crippen LogP contribution in [0.5, 0.6) is 0 Å². The second-order valence-corrected chi connectivity index (χ2v) is 6.60. The Morgan fingerprint density at radius 1 is 1.08 bits per heavy atom. The number of anilines is 1. The number of hydrogen-bond donors (Lipinski definition) is 2. The lowest BCUT2D eigenvalue weighted by Gasteiger charge is -2.22. The molecule has 0 bridgehead atoms. The van der Waals surface area contributed by atoms with Gasteiger partial charge in [0, 0.05) is 16.8 Å². The third kappa shape index (κ3) is 2.34. The minimum atomic E-state index is -1.82. The molecule has 0 unspecified atom stereocenters. The molecule has 1 aliphatic rings. The summed E-state index contributed by atoms with van der Waals surface area (Å²) in [7, 11) is 0. The number of carbonyl (C=O) groups is 2. The van der Waals surface area contributed by atoms with E-state index in [4.69, 9.17) is 0 Å².